The van der Waals surface area contributed by atoms with Gasteiger partial charge in [-0.3, -0.25) is 14.9 Å². The standard InChI is InChI=1S/C11H18N4O3/c1-7(2)15-9(4-5-13-15)14-10(16)6-12-8(3)11(17)18/h4-5,7-8,12H,6H2,1-3H3,(H,14,16)(H,17,18). The predicted octanol–water partition coefficient (Wildman–Crippen LogP) is 0.465. The molecule has 1 heterocycles. The molecule has 0 bridgehead atoms. The van der Waals surface area contributed by atoms with Gasteiger partial charge in [0.05, 0.1) is 12.7 Å². The van der Waals surface area contributed by atoms with Gasteiger partial charge in [0.15, 0.2) is 0 Å². The molecule has 0 aliphatic rings. The summed E-state index contributed by atoms with van der Waals surface area (Å²) in [4.78, 5) is 22.2. The van der Waals surface area contributed by atoms with E-state index >= 15 is 0 Å². The zero-order valence-electron chi connectivity index (χ0n) is 10.7. The van der Waals surface area contributed by atoms with Crippen LogP contribution in [0.2, 0.25) is 0 Å². The summed E-state index contributed by atoms with van der Waals surface area (Å²) >= 11 is 0. The van der Waals surface area contributed by atoms with Crippen LogP contribution in [0.25, 0.3) is 0 Å². The molecule has 1 rings (SSSR count). The molecule has 0 saturated carbocycles. The first-order chi connectivity index (χ1) is 8.41. The highest BCUT2D eigenvalue weighted by Crippen LogP contribution is 2.12. The third-order valence-electron chi connectivity index (χ3n) is 2.37. The maximum atomic E-state index is 11.6. The number of aliphatic carboxylic acids is 1. The van der Waals surface area contributed by atoms with Crippen molar-refractivity contribution < 1.29 is 14.7 Å². The smallest absolute Gasteiger partial charge is 0.320 e. The van der Waals surface area contributed by atoms with E-state index in [-0.39, 0.29) is 18.5 Å². The van der Waals surface area contributed by atoms with Gasteiger partial charge in [0.1, 0.15) is 11.9 Å². The predicted molar refractivity (Wildman–Crippen MR) is 66.3 cm³/mol. The number of carboxylic acid groups (broad SMARTS) is 1. The fraction of sp³-hybridized carbons (Fsp3) is 0.545. The Morgan fingerprint density at radius 2 is 2.11 bits per heavy atom. The number of carboxylic acids is 1. The van der Waals surface area contributed by atoms with Gasteiger partial charge in [-0.05, 0) is 20.8 Å². The first kappa shape index (κ1) is 14.2. The van der Waals surface area contributed by atoms with Crippen LogP contribution in [0.3, 0.4) is 0 Å². The van der Waals surface area contributed by atoms with Gasteiger partial charge in [0, 0.05) is 12.1 Å². The number of amides is 1. The summed E-state index contributed by atoms with van der Waals surface area (Å²) in [5, 5.41) is 18.0. The lowest BCUT2D eigenvalue weighted by atomic mass is 10.3. The molecule has 3 N–H and O–H groups in total. The molecular formula is C11H18N4O3. The third-order valence-corrected chi connectivity index (χ3v) is 2.37. The van der Waals surface area contributed by atoms with Gasteiger partial charge >= 0.3 is 5.97 Å². The fourth-order valence-corrected chi connectivity index (χ4v) is 1.34. The largest absolute Gasteiger partial charge is 0.480 e. The third kappa shape index (κ3) is 3.85. The normalized spacial score (nSPS) is 12.4. The Hall–Kier alpha value is -1.89. The molecule has 0 saturated heterocycles. The second kappa shape index (κ2) is 6.15. The number of hydrogen-bond donors (Lipinski definition) is 3. The molecule has 1 atom stereocenters. The molecule has 7 heteroatoms. The number of hydrogen-bond acceptors (Lipinski definition) is 4. The molecule has 1 unspecified atom stereocenters. The molecule has 18 heavy (non-hydrogen) atoms. The lowest BCUT2D eigenvalue weighted by molar-refractivity contribution is -0.139. The van der Waals surface area contributed by atoms with Crippen molar-refractivity contribution in [1.82, 2.24) is 15.1 Å². The van der Waals surface area contributed by atoms with Crippen LogP contribution in [0, 0.1) is 0 Å². The minimum atomic E-state index is -0.991. The molecule has 100 valence electrons. The molecule has 0 aromatic carbocycles. The van der Waals surface area contributed by atoms with Gasteiger partial charge in [0.25, 0.3) is 0 Å². The summed E-state index contributed by atoms with van der Waals surface area (Å²) in [6.45, 7) is 5.32. The molecular weight excluding hydrogens is 236 g/mol. The Labute approximate surface area is 105 Å². The van der Waals surface area contributed by atoms with Crippen molar-refractivity contribution in [1.29, 1.82) is 0 Å². The topological polar surface area (TPSA) is 96.3 Å². The van der Waals surface area contributed by atoms with Gasteiger partial charge in [-0.1, -0.05) is 0 Å². The van der Waals surface area contributed by atoms with E-state index in [0.29, 0.717) is 5.82 Å². The maximum absolute atomic E-state index is 11.6. The van der Waals surface area contributed by atoms with Gasteiger partial charge in [-0.25, -0.2) is 4.68 Å². The van der Waals surface area contributed by atoms with Gasteiger partial charge < -0.3 is 10.4 Å². The Kier molecular flexibility index (Phi) is 4.85. The van der Waals surface area contributed by atoms with Crippen LogP contribution in [0.15, 0.2) is 12.3 Å². The Bertz CT molecular complexity index is 428. The summed E-state index contributed by atoms with van der Waals surface area (Å²) in [5.41, 5.74) is 0. The minimum Gasteiger partial charge on any atom is -0.480 e. The summed E-state index contributed by atoms with van der Waals surface area (Å²) < 4.78 is 1.68. The first-order valence-electron chi connectivity index (χ1n) is 5.71. The number of aromatic nitrogens is 2. The minimum absolute atomic E-state index is 0.0588. The summed E-state index contributed by atoms with van der Waals surface area (Å²) in [5.74, 6) is -0.694. The number of anilines is 1. The highest BCUT2D eigenvalue weighted by molar-refractivity contribution is 5.91. The van der Waals surface area contributed by atoms with Crippen molar-refractivity contribution in [3.8, 4) is 0 Å². The van der Waals surface area contributed by atoms with Crippen molar-refractivity contribution in [3.05, 3.63) is 12.3 Å². The van der Waals surface area contributed by atoms with Gasteiger partial charge in [-0.2, -0.15) is 5.10 Å². The van der Waals surface area contributed by atoms with Crippen molar-refractivity contribution in [2.45, 2.75) is 32.9 Å². The average molecular weight is 254 g/mol. The molecule has 1 amide bonds. The monoisotopic (exact) mass is 254 g/mol. The van der Waals surface area contributed by atoms with Crippen LogP contribution in [0.4, 0.5) is 5.82 Å². The van der Waals surface area contributed by atoms with Crippen molar-refractivity contribution in [2.75, 3.05) is 11.9 Å². The molecule has 7 nitrogen and oxygen atoms in total. The maximum Gasteiger partial charge on any atom is 0.320 e. The zero-order chi connectivity index (χ0) is 13.7. The molecule has 0 spiro atoms. The van der Waals surface area contributed by atoms with E-state index in [4.69, 9.17) is 5.11 Å². The van der Waals surface area contributed by atoms with E-state index in [1.165, 1.54) is 6.92 Å². The lowest BCUT2D eigenvalue weighted by Crippen LogP contribution is -2.39. The van der Waals surface area contributed by atoms with E-state index < -0.39 is 12.0 Å². The molecule has 1 aromatic rings. The Morgan fingerprint density at radius 3 is 2.67 bits per heavy atom. The quantitative estimate of drug-likeness (QED) is 0.685. The van der Waals surface area contributed by atoms with Crippen molar-refractivity contribution >= 4 is 17.7 Å². The number of nitrogens with zero attached hydrogens (tertiary/aromatic N) is 2. The first-order valence-corrected chi connectivity index (χ1v) is 5.71. The van der Waals surface area contributed by atoms with E-state index in [0.717, 1.165) is 0 Å². The SMILES string of the molecule is CC(NCC(=O)Nc1ccnn1C(C)C)C(=O)O. The molecule has 1 aromatic heterocycles. The van der Waals surface area contributed by atoms with E-state index in [2.05, 4.69) is 15.7 Å². The second-order valence-electron chi connectivity index (χ2n) is 4.24. The summed E-state index contributed by atoms with van der Waals surface area (Å²) in [7, 11) is 0. The van der Waals surface area contributed by atoms with Crippen molar-refractivity contribution in [3.63, 3.8) is 0 Å². The van der Waals surface area contributed by atoms with Crippen LogP contribution in [0.1, 0.15) is 26.8 Å². The summed E-state index contributed by atoms with van der Waals surface area (Å²) in [6, 6.07) is 1.07. The van der Waals surface area contributed by atoms with Crippen LogP contribution in [0.5, 0.6) is 0 Å². The second-order valence-corrected chi connectivity index (χ2v) is 4.24. The van der Waals surface area contributed by atoms with Crippen LogP contribution in [-0.2, 0) is 9.59 Å². The zero-order valence-corrected chi connectivity index (χ0v) is 10.7. The molecule has 0 fully saturated rings. The van der Waals surface area contributed by atoms with Gasteiger partial charge in [0.2, 0.25) is 5.91 Å². The highest BCUT2D eigenvalue weighted by Gasteiger charge is 2.13. The van der Waals surface area contributed by atoms with Crippen molar-refractivity contribution in [2.24, 2.45) is 0 Å². The highest BCUT2D eigenvalue weighted by atomic mass is 16.4. The molecule has 0 aliphatic heterocycles. The number of carbonyl (C=O) groups is 2. The van der Waals surface area contributed by atoms with Crippen LogP contribution in [-0.4, -0.2) is 39.4 Å². The van der Waals surface area contributed by atoms with E-state index in [1.54, 1.807) is 16.9 Å². The lowest BCUT2D eigenvalue weighted by Gasteiger charge is -2.13. The van der Waals surface area contributed by atoms with E-state index in [1.807, 2.05) is 13.8 Å². The number of rotatable bonds is 6. The fourth-order valence-electron chi connectivity index (χ4n) is 1.34. The average Bonchev–Trinajstić information content (AvgIpc) is 2.73. The Morgan fingerprint density at radius 1 is 1.44 bits per heavy atom. The number of carbonyl (C=O) groups excluding carboxylic acids is 1. The van der Waals surface area contributed by atoms with Crippen LogP contribution < -0.4 is 10.6 Å². The van der Waals surface area contributed by atoms with Crippen LogP contribution >= 0.6 is 0 Å². The molecule has 0 radical (unpaired) electrons. The summed E-state index contributed by atoms with van der Waals surface area (Å²) in [6.07, 6.45) is 1.60. The van der Waals surface area contributed by atoms with E-state index in [9.17, 15) is 9.59 Å². The Balaban J connectivity index is 2.50. The van der Waals surface area contributed by atoms with Gasteiger partial charge in [-0.15, -0.1) is 0 Å². The molecule has 0 aliphatic carbocycles. The number of nitrogens with one attached hydrogen (secondary N) is 2.